The van der Waals surface area contributed by atoms with Crippen LogP contribution in [0.3, 0.4) is 0 Å². The van der Waals surface area contributed by atoms with Crippen molar-refractivity contribution in [2.24, 2.45) is 0 Å². The number of carboxylic acid groups (broad SMARTS) is 1. The number of carbonyl (C=O) groups is 1. The molecule has 2 N–H and O–H groups in total. The van der Waals surface area contributed by atoms with Crippen molar-refractivity contribution in [2.75, 3.05) is 0 Å². The van der Waals surface area contributed by atoms with Gasteiger partial charge >= 0.3 is 5.97 Å². The maximum atomic E-state index is 12.2. The Kier molecular flexibility index (Phi) is 4.62. The van der Waals surface area contributed by atoms with Gasteiger partial charge in [0.2, 0.25) is 10.0 Å². The highest BCUT2D eigenvalue weighted by Gasteiger charge is 2.22. The molecule has 2 rings (SSSR count). The van der Waals surface area contributed by atoms with Crippen LogP contribution in [0.25, 0.3) is 0 Å². The van der Waals surface area contributed by atoms with Crippen LogP contribution < -0.4 is 4.72 Å². The molecular formula is C13H14BrNO4S. The third kappa shape index (κ3) is 3.47. The van der Waals surface area contributed by atoms with E-state index in [2.05, 4.69) is 20.7 Å². The highest BCUT2D eigenvalue weighted by molar-refractivity contribution is 9.10. The van der Waals surface area contributed by atoms with Gasteiger partial charge in [0.05, 0.1) is 10.5 Å². The van der Waals surface area contributed by atoms with Crippen LogP contribution in [-0.2, 0) is 10.0 Å². The number of rotatable bonds is 4. The highest BCUT2D eigenvalue weighted by Crippen LogP contribution is 2.22. The molecule has 5 nitrogen and oxygen atoms in total. The lowest BCUT2D eigenvalue weighted by molar-refractivity contribution is 0.0695. The Morgan fingerprint density at radius 1 is 1.35 bits per heavy atom. The van der Waals surface area contributed by atoms with Gasteiger partial charge in [-0.1, -0.05) is 12.2 Å². The first-order valence-electron chi connectivity index (χ1n) is 6.10. The summed E-state index contributed by atoms with van der Waals surface area (Å²) in [6, 6.07) is 3.84. The SMILES string of the molecule is O=C(O)c1cc(S(=O)(=O)NC2CC=CCC2)ccc1Br. The molecule has 1 aromatic rings. The van der Waals surface area contributed by atoms with E-state index >= 15 is 0 Å². The number of aromatic carboxylic acids is 1. The zero-order valence-electron chi connectivity index (χ0n) is 10.5. The molecule has 1 atom stereocenters. The molecule has 108 valence electrons. The van der Waals surface area contributed by atoms with E-state index in [9.17, 15) is 13.2 Å². The molecule has 20 heavy (non-hydrogen) atoms. The van der Waals surface area contributed by atoms with Crippen LogP contribution in [-0.4, -0.2) is 25.5 Å². The fraction of sp³-hybridized carbons (Fsp3) is 0.308. The molecular weight excluding hydrogens is 346 g/mol. The lowest BCUT2D eigenvalue weighted by atomic mass is 10.0. The fourth-order valence-corrected chi connectivity index (χ4v) is 3.75. The summed E-state index contributed by atoms with van der Waals surface area (Å²) in [5, 5.41) is 9.02. The number of allylic oxidation sites excluding steroid dienone is 1. The number of halogens is 1. The van der Waals surface area contributed by atoms with Crippen LogP contribution in [0.1, 0.15) is 29.6 Å². The summed E-state index contributed by atoms with van der Waals surface area (Å²) in [7, 11) is -3.70. The van der Waals surface area contributed by atoms with Gasteiger partial charge in [0.15, 0.2) is 0 Å². The van der Waals surface area contributed by atoms with Crippen molar-refractivity contribution in [3.05, 3.63) is 40.4 Å². The van der Waals surface area contributed by atoms with E-state index in [4.69, 9.17) is 5.11 Å². The third-order valence-corrected chi connectivity index (χ3v) is 5.28. The Bertz CT molecular complexity index is 654. The number of nitrogens with one attached hydrogen (secondary N) is 1. The molecule has 0 aliphatic heterocycles. The van der Waals surface area contributed by atoms with Crippen molar-refractivity contribution < 1.29 is 18.3 Å². The first kappa shape index (κ1) is 15.2. The first-order valence-corrected chi connectivity index (χ1v) is 8.38. The molecule has 0 fully saturated rings. The molecule has 1 unspecified atom stereocenters. The van der Waals surface area contributed by atoms with Gasteiger partial charge in [0.25, 0.3) is 0 Å². The van der Waals surface area contributed by atoms with E-state index in [-0.39, 0.29) is 16.5 Å². The number of sulfonamides is 1. The maximum absolute atomic E-state index is 12.2. The average Bonchev–Trinajstić information content (AvgIpc) is 2.39. The van der Waals surface area contributed by atoms with E-state index in [1.807, 2.05) is 12.2 Å². The molecule has 0 heterocycles. The van der Waals surface area contributed by atoms with Crippen molar-refractivity contribution in [1.82, 2.24) is 4.72 Å². The fourth-order valence-electron chi connectivity index (χ4n) is 2.02. The average molecular weight is 360 g/mol. The van der Waals surface area contributed by atoms with Crippen LogP contribution in [0.15, 0.2) is 39.7 Å². The molecule has 0 spiro atoms. The number of carboxylic acids is 1. The van der Waals surface area contributed by atoms with Gasteiger partial charge in [-0.2, -0.15) is 0 Å². The Morgan fingerprint density at radius 2 is 2.10 bits per heavy atom. The number of benzene rings is 1. The summed E-state index contributed by atoms with van der Waals surface area (Å²) < 4.78 is 27.4. The second-order valence-corrected chi connectivity index (χ2v) is 7.12. The molecule has 1 aliphatic rings. The second-order valence-electron chi connectivity index (χ2n) is 4.55. The smallest absolute Gasteiger partial charge is 0.336 e. The summed E-state index contributed by atoms with van der Waals surface area (Å²) in [5.41, 5.74) is -0.0728. The Labute approximate surface area is 125 Å². The molecule has 0 saturated carbocycles. The predicted octanol–water partition coefficient (Wildman–Crippen LogP) is 2.53. The van der Waals surface area contributed by atoms with Gasteiger partial charge < -0.3 is 5.11 Å². The predicted molar refractivity (Wildman–Crippen MR) is 78.2 cm³/mol. The van der Waals surface area contributed by atoms with Crippen LogP contribution in [0, 0.1) is 0 Å². The zero-order chi connectivity index (χ0) is 14.8. The standard InChI is InChI=1S/C13H14BrNO4S/c14-12-7-6-10(8-11(12)13(16)17)20(18,19)15-9-4-2-1-3-5-9/h1-2,6-9,15H,3-5H2,(H,16,17). The van der Waals surface area contributed by atoms with Crippen LogP contribution in [0.4, 0.5) is 0 Å². The van der Waals surface area contributed by atoms with E-state index in [0.717, 1.165) is 18.9 Å². The van der Waals surface area contributed by atoms with Crippen molar-refractivity contribution in [1.29, 1.82) is 0 Å². The molecule has 0 radical (unpaired) electrons. The van der Waals surface area contributed by atoms with Crippen molar-refractivity contribution in [3.63, 3.8) is 0 Å². The zero-order valence-corrected chi connectivity index (χ0v) is 12.9. The quantitative estimate of drug-likeness (QED) is 0.809. The van der Waals surface area contributed by atoms with Gasteiger partial charge in [-0.05, 0) is 53.4 Å². The largest absolute Gasteiger partial charge is 0.478 e. The summed E-state index contributed by atoms with van der Waals surface area (Å²) in [4.78, 5) is 11.0. The Balaban J connectivity index is 2.27. The van der Waals surface area contributed by atoms with Crippen LogP contribution in [0.5, 0.6) is 0 Å². The summed E-state index contributed by atoms with van der Waals surface area (Å²) in [6.45, 7) is 0. The third-order valence-electron chi connectivity index (χ3n) is 3.07. The molecule has 1 aromatic carbocycles. The topological polar surface area (TPSA) is 83.5 Å². The van der Waals surface area contributed by atoms with E-state index in [1.165, 1.54) is 12.1 Å². The molecule has 0 saturated heterocycles. The van der Waals surface area contributed by atoms with Gasteiger partial charge in [-0.15, -0.1) is 0 Å². The minimum atomic E-state index is -3.70. The minimum Gasteiger partial charge on any atom is -0.478 e. The van der Waals surface area contributed by atoms with Crippen molar-refractivity contribution in [2.45, 2.75) is 30.2 Å². The summed E-state index contributed by atoms with van der Waals surface area (Å²) >= 11 is 3.09. The normalized spacial score (nSPS) is 18.9. The molecule has 0 bridgehead atoms. The minimum absolute atomic E-state index is 0.0346. The van der Waals surface area contributed by atoms with Crippen LogP contribution in [0.2, 0.25) is 0 Å². The monoisotopic (exact) mass is 359 g/mol. The number of hydrogen-bond acceptors (Lipinski definition) is 3. The van der Waals surface area contributed by atoms with E-state index < -0.39 is 16.0 Å². The molecule has 0 aromatic heterocycles. The Morgan fingerprint density at radius 3 is 2.70 bits per heavy atom. The second kappa shape index (κ2) is 6.07. The Hall–Kier alpha value is -1.18. The maximum Gasteiger partial charge on any atom is 0.336 e. The first-order chi connectivity index (χ1) is 9.40. The lowest BCUT2D eigenvalue weighted by Gasteiger charge is -2.19. The molecule has 1 aliphatic carbocycles. The summed E-state index contributed by atoms with van der Waals surface area (Å²) in [5.74, 6) is -1.17. The van der Waals surface area contributed by atoms with E-state index in [1.54, 1.807) is 0 Å². The molecule has 0 amide bonds. The van der Waals surface area contributed by atoms with Crippen molar-refractivity contribution in [3.8, 4) is 0 Å². The van der Waals surface area contributed by atoms with Gasteiger partial charge in [0.1, 0.15) is 0 Å². The van der Waals surface area contributed by atoms with Gasteiger partial charge in [0, 0.05) is 10.5 Å². The number of hydrogen-bond donors (Lipinski definition) is 2. The van der Waals surface area contributed by atoms with Crippen LogP contribution >= 0.6 is 15.9 Å². The van der Waals surface area contributed by atoms with Crippen molar-refractivity contribution >= 4 is 31.9 Å². The molecule has 7 heteroatoms. The lowest BCUT2D eigenvalue weighted by Crippen LogP contribution is -2.35. The highest BCUT2D eigenvalue weighted by atomic mass is 79.9. The van der Waals surface area contributed by atoms with E-state index in [0.29, 0.717) is 10.9 Å². The van der Waals surface area contributed by atoms with Gasteiger partial charge in [-0.25, -0.2) is 17.9 Å². The summed E-state index contributed by atoms with van der Waals surface area (Å²) in [6.07, 6.45) is 6.21. The van der Waals surface area contributed by atoms with Gasteiger partial charge in [-0.3, -0.25) is 0 Å².